The highest BCUT2D eigenvalue weighted by Crippen LogP contribution is 2.45. The summed E-state index contributed by atoms with van der Waals surface area (Å²) in [4.78, 5) is 37.9. The SMILES string of the molecule is [2H]C1([2H])c2cc(Cl)c(C(F)(F)F)cc2[C@H](C)N1C(=O)CC[C@@]1(C2CC2)NC(=O)NC1=O. The van der Waals surface area contributed by atoms with Crippen LogP contribution in [0.4, 0.5) is 18.0 Å². The molecule has 4 amide bonds. The lowest BCUT2D eigenvalue weighted by atomic mass is 9.87. The summed E-state index contributed by atoms with van der Waals surface area (Å²) in [6, 6.07) is 0.0829. The van der Waals surface area contributed by atoms with E-state index in [2.05, 4.69) is 10.6 Å². The first-order chi connectivity index (χ1) is 14.3. The van der Waals surface area contributed by atoms with Crippen molar-refractivity contribution < 1.29 is 30.3 Å². The quantitative estimate of drug-likeness (QED) is 0.716. The van der Waals surface area contributed by atoms with Gasteiger partial charge in [0.1, 0.15) is 5.54 Å². The van der Waals surface area contributed by atoms with E-state index in [-0.39, 0.29) is 29.9 Å². The minimum Gasteiger partial charge on any atom is -0.332 e. The number of alkyl halides is 3. The maximum absolute atomic E-state index is 13.2. The number of amides is 4. The molecular formula is C19H19ClF3N3O3. The van der Waals surface area contributed by atoms with E-state index in [1.807, 2.05) is 0 Å². The minimum atomic E-state index is -4.72. The lowest BCUT2D eigenvalue weighted by Crippen LogP contribution is -2.49. The van der Waals surface area contributed by atoms with Crippen LogP contribution in [0.5, 0.6) is 0 Å². The molecule has 1 saturated carbocycles. The zero-order chi connectivity index (χ0) is 22.9. The number of hydrogen-bond donors (Lipinski definition) is 2. The summed E-state index contributed by atoms with van der Waals surface area (Å²) < 4.78 is 56.5. The van der Waals surface area contributed by atoms with Crippen LogP contribution < -0.4 is 10.6 Å². The van der Waals surface area contributed by atoms with Crippen LogP contribution in [0, 0.1) is 5.92 Å². The van der Waals surface area contributed by atoms with Crippen LogP contribution >= 0.6 is 11.6 Å². The van der Waals surface area contributed by atoms with Crippen molar-refractivity contribution in [1.29, 1.82) is 0 Å². The highest BCUT2D eigenvalue weighted by molar-refractivity contribution is 6.31. The fourth-order valence-electron chi connectivity index (χ4n) is 4.07. The van der Waals surface area contributed by atoms with E-state index in [0.29, 0.717) is 12.8 Å². The summed E-state index contributed by atoms with van der Waals surface area (Å²) in [7, 11) is 0. The molecule has 10 heteroatoms. The molecule has 2 heterocycles. The summed E-state index contributed by atoms with van der Waals surface area (Å²) >= 11 is 5.76. The van der Waals surface area contributed by atoms with Crippen LogP contribution in [0.1, 0.15) is 58.1 Å². The highest BCUT2D eigenvalue weighted by atomic mass is 35.5. The molecule has 156 valence electrons. The molecule has 6 nitrogen and oxygen atoms in total. The number of carbonyl (C=O) groups is 3. The smallest absolute Gasteiger partial charge is 0.332 e. The number of nitrogens with one attached hydrogen (secondary N) is 2. The average Bonchev–Trinajstić information content (AvgIpc) is 3.41. The Balaban J connectivity index is 1.60. The molecule has 1 saturated heterocycles. The summed E-state index contributed by atoms with van der Waals surface area (Å²) in [6.45, 7) is -0.941. The molecule has 1 aliphatic carbocycles. The molecule has 1 aromatic carbocycles. The third-order valence-electron chi connectivity index (χ3n) is 5.77. The fraction of sp³-hybridized carbons (Fsp3) is 0.526. The van der Waals surface area contributed by atoms with Gasteiger partial charge in [0.15, 0.2) is 0 Å². The maximum atomic E-state index is 13.2. The first kappa shape index (κ1) is 17.6. The van der Waals surface area contributed by atoms with Gasteiger partial charge in [-0.15, -0.1) is 0 Å². The van der Waals surface area contributed by atoms with Gasteiger partial charge in [-0.1, -0.05) is 11.6 Å². The molecule has 4 rings (SSSR count). The molecule has 2 fully saturated rings. The van der Waals surface area contributed by atoms with E-state index in [1.54, 1.807) is 0 Å². The second-order valence-electron chi connectivity index (χ2n) is 7.62. The van der Waals surface area contributed by atoms with Gasteiger partial charge >= 0.3 is 12.2 Å². The number of nitrogens with zero attached hydrogens (tertiary/aromatic N) is 1. The Morgan fingerprint density at radius 3 is 2.62 bits per heavy atom. The molecule has 0 aromatic heterocycles. The van der Waals surface area contributed by atoms with Crippen molar-refractivity contribution in [3.63, 3.8) is 0 Å². The first-order valence-corrected chi connectivity index (χ1v) is 9.53. The standard InChI is InChI=1S/C19H19ClF3N3O3/c1-9-12-7-13(19(21,22)23)14(20)6-10(12)8-26(9)15(27)4-5-18(11-2-3-11)16(28)24-17(29)25-18/h6-7,9,11H,2-5,8H2,1H3,(H2,24,25,28,29)/t9-,18-/m0/s1/i8D2. The monoisotopic (exact) mass is 431 g/mol. The lowest BCUT2D eigenvalue weighted by molar-refractivity contribution is -0.137. The largest absolute Gasteiger partial charge is 0.417 e. The highest BCUT2D eigenvalue weighted by Gasteiger charge is 2.55. The topological polar surface area (TPSA) is 78.5 Å². The Hall–Kier alpha value is -2.29. The van der Waals surface area contributed by atoms with E-state index in [4.69, 9.17) is 14.3 Å². The Labute approximate surface area is 172 Å². The van der Waals surface area contributed by atoms with Gasteiger partial charge in [0.25, 0.3) is 5.91 Å². The summed E-state index contributed by atoms with van der Waals surface area (Å²) in [5.41, 5.74) is -2.39. The first-order valence-electron chi connectivity index (χ1n) is 10.2. The third-order valence-corrected chi connectivity index (χ3v) is 6.08. The van der Waals surface area contributed by atoms with Gasteiger partial charge in [-0.25, -0.2) is 4.79 Å². The predicted octanol–water partition coefficient (Wildman–Crippen LogP) is 3.53. The number of benzene rings is 1. The molecule has 0 bridgehead atoms. The van der Waals surface area contributed by atoms with Crippen molar-refractivity contribution >= 4 is 29.4 Å². The molecular weight excluding hydrogens is 411 g/mol. The number of hydrogen-bond acceptors (Lipinski definition) is 3. The van der Waals surface area contributed by atoms with Crippen LogP contribution in [-0.4, -0.2) is 28.3 Å². The number of carbonyl (C=O) groups excluding carboxylic acids is 3. The van der Waals surface area contributed by atoms with Crippen LogP contribution in [0.25, 0.3) is 0 Å². The van der Waals surface area contributed by atoms with Crippen molar-refractivity contribution in [3.05, 3.63) is 33.8 Å². The Morgan fingerprint density at radius 1 is 1.38 bits per heavy atom. The Bertz CT molecular complexity index is 1000. The number of rotatable bonds is 4. The molecule has 2 N–H and O–H groups in total. The van der Waals surface area contributed by atoms with E-state index in [1.165, 1.54) is 6.92 Å². The van der Waals surface area contributed by atoms with Crippen LogP contribution in [0.15, 0.2) is 12.1 Å². The number of halogens is 4. The van der Waals surface area contributed by atoms with Gasteiger partial charge in [0, 0.05) is 12.9 Å². The van der Waals surface area contributed by atoms with Gasteiger partial charge in [-0.3, -0.25) is 14.9 Å². The number of fused-ring (bicyclic) bond motifs is 1. The fourth-order valence-corrected chi connectivity index (χ4v) is 4.34. The van der Waals surface area contributed by atoms with E-state index < -0.39 is 52.7 Å². The molecule has 0 radical (unpaired) electrons. The molecule has 2 aliphatic heterocycles. The third kappa shape index (κ3) is 3.35. The van der Waals surface area contributed by atoms with Gasteiger partial charge in [0.05, 0.1) is 19.4 Å². The van der Waals surface area contributed by atoms with Crippen molar-refractivity contribution in [2.75, 3.05) is 0 Å². The summed E-state index contributed by atoms with van der Waals surface area (Å²) in [5, 5.41) is 4.13. The van der Waals surface area contributed by atoms with Crippen LogP contribution in [0.3, 0.4) is 0 Å². The molecule has 1 aromatic rings. The van der Waals surface area contributed by atoms with Crippen molar-refractivity contribution in [1.82, 2.24) is 15.5 Å². The summed E-state index contributed by atoms with van der Waals surface area (Å²) in [6.07, 6.45) is -3.58. The summed E-state index contributed by atoms with van der Waals surface area (Å²) in [5.74, 6) is -1.30. The van der Waals surface area contributed by atoms with Gasteiger partial charge in [-0.2, -0.15) is 13.2 Å². The zero-order valence-corrected chi connectivity index (χ0v) is 16.1. The van der Waals surface area contributed by atoms with Gasteiger partial charge in [0.2, 0.25) is 5.91 Å². The number of urea groups is 1. The predicted molar refractivity (Wildman–Crippen MR) is 96.8 cm³/mol. The Morgan fingerprint density at radius 2 is 2.07 bits per heavy atom. The second kappa shape index (κ2) is 6.62. The molecule has 3 aliphatic rings. The second-order valence-corrected chi connectivity index (χ2v) is 8.03. The van der Waals surface area contributed by atoms with E-state index >= 15 is 0 Å². The normalized spacial score (nSPS) is 29.1. The minimum absolute atomic E-state index is 0.0268. The van der Waals surface area contributed by atoms with Crippen LogP contribution in [0.2, 0.25) is 5.02 Å². The van der Waals surface area contributed by atoms with Crippen molar-refractivity contribution in [2.24, 2.45) is 5.92 Å². The van der Waals surface area contributed by atoms with Gasteiger partial charge in [-0.05, 0) is 55.4 Å². The molecule has 0 unspecified atom stereocenters. The van der Waals surface area contributed by atoms with Crippen LogP contribution in [-0.2, 0) is 22.3 Å². The molecule has 2 atom stereocenters. The van der Waals surface area contributed by atoms with Crippen molar-refractivity contribution in [3.8, 4) is 0 Å². The Kier molecular flexibility index (Phi) is 4.01. The van der Waals surface area contributed by atoms with E-state index in [0.717, 1.165) is 17.0 Å². The van der Waals surface area contributed by atoms with Gasteiger partial charge < -0.3 is 10.2 Å². The molecule has 29 heavy (non-hydrogen) atoms. The van der Waals surface area contributed by atoms with E-state index in [9.17, 15) is 27.6 Å². The number of imide groups is 1. The average molecular weight is 432 g/mol. The molecule has 0 spiro atoms. The van der Waals surface area contributed by atoms with Crippen molar-refractivity contribution in [2.45, 2.75) is 56.9 Å². The zero-order valence-electron chi connectivity index (χ0n) is 17.3. The lowest BCUT2D eigenvalue weighted by Gasteiger charge is -2.28. The maximum Gasteiger partial charge on any atom is 0.417 e.